The number of hydrogen-bond donors (Lipinski definition) is 1. The van der Waals surface area contributed by atoms with E-state index >= 15 is 0 Å². The van der Waals surface area contributed by atoms with Crippen molar-refractivity contribution in [3.05, 3.63) is 0 Å². The molecule has 1 rings (SSSR count). The van der Waals surface area contributed by atoms with E-state index in [0.717, 1.165) is 6.42 Å². The van der Waals surface area contributed by atoms with Gasteiger partial charge in [0.1, 0.15) is 6.61 Å². The van der Waals surface area contributed by atoms with Crippen molar-refractivity contribution in [3.8, 4) is 0 Å². The van der Waals surface area contributed by atoms with Gasteiger partial charge in [0, 0.05) is 5.54 Å². The minimum absolute atomic E-state index is 0.0756. The van der Waals surface area contributed by atoms with Gasteiger partial charge in [-0.2, -0.15) is 8.78 Å². The summed E-state index contributed by atoms with van der Waals surface area (Å²) in [4.78, 5) is 0. The van der Waals surface area contributed by atoms with Crippen molar-refractivity contribution in [1.29, 1.82) is 0 Å². The van der Waals surface area contributed by atoms with E-state index in [1.807, 2.05) is 6.92 Å². The lowest BCUT2D eigenvalue weighted by Crippen LogP contribution is -2.37. The second kappa shape index (κ2) is 4.25. The molecular weight excluding hydrogens is 214 g/mol. The zero-order valence-electron chi connectivity index (χ0n) is 8.48. The first kappa shape index (κ1) is 12.7. The maximum Gasteiger partial charge on any atom is 0.330 e. The van der Waals surface area contributed by atoms with Crippen molar-refractivity contribution >= 4 is 0 Å². The molecule has 0 amide bonds. The van der Waals surface area contributed by atoms with Gasteiger partial charge in [0.25, 0.3) is 0 Å². The highest BCUT2D eigenvalue weighted by Gasteiger charge is 2.50. The van der Waals surface area contributed by atoms with Crippen LogP contribution in [0, 0.1) is 5.92 Å². The average Bonchev–Trinajstić information content (AvgIpc) is 2.76. The van der Waals surface area contributed by atoms with Crippen molar-refractivity contribution in [2.75, 3.05) is 13.2 Å². The smallest absolute Gasteiger partial charge is 0.330 e. The molecule has 0 bridgehead atoms. The molecule has 1 aliphatic carbocycles. The molecule has 0 radical (unpaired) electrons. The molecule has 1 aliphatic rings. The van der Waals surface area contributed by atoms with E-state index in [2.05, 4.69) is 4.74 Å². The third kappa shape index (κ3) is 3.04. The SMILES string of the molecule is CCC1CC1(N)COCC(F)(F)C(F)F. The molecule has 0 aromatic heterocycles. The van der Waals surface area contributed by atoms with Gasteiger partial charge in [0.2, 0.25) is 0 Å². The van der Waals surface area contributed by atoms with E-state index in [1.165, 1.54) is 0 Å². The molecule has 1 saturated carbocycles. The van der Waals surface area contributed by atoms with Crippen molar-refractivity contribution in [3.63, 3.8) is 0 Å². The maximum absolute atomic E-state index is 12.4. The van der Waals surface area contributed by atoms with Crippen molar-refractivity contribution in [2.45, 2.75) is 37.7 Å². The molecule has 15 heavy (non-hydrogen) atoms. The van der Waals surface area contributed by atoms with Gasteiger partial charge in [0.05, 0.1) is 6.61 Å². The zero-order valence-corrected chi connectivity index (χ0v) is 8.48. The molecule has 1 fully saturated rings. The summed E-state index contributed by atoms with van der Waals surface area (Å²) in [5.41, 5.74) is 5.17. The van der Waals surface area contributed by atoms with Crippen LogP contribution in [0.5, 0.6) is 0 Å². The summed E-state index contributed by atoms with van der Waals surface area (Å²) < 4.78 is 52.8. The van der Waals surface area contributed by atoms with E-state index in [-0.39, 0.29) is 12.5 Å². The van der Waals surface area contributed by atoms with Crippen LogP contribution in [0.25, 0.3) is 0 Å². The monoisotopic (exact) mass is 229 g/mol. The van der Waals surface area contributed by atoms with Crippen molar-refractivity contribution in [1.82, 2.24) is 0 Å². The Balaban J connectivity index is 2.23. The van der Waals surface area contributed by atoms with Gasteiger partial charge in [-0.25, -0.2) is 8.78 Å². The van der Waals surface area contributed by atoms with Gasteiger partial charge < -0.3 is 10.5 Å². The lowest BCUT2D eigenvalue weighted by molar-refractivity contribution is -0.167. The third-order valence-electron chi connectivity index (χ3n) is 2.76. The second-order valence-electron chi connectivity index (χ2n) is 4.10. The predicted molar refractivity (Wildman–Crippen MR) is 47.1 cm³/mol. The number of ether oxygens (including phenoxy) is 1. The Morgan fingerprint density at radius 1 is 1.53 bits per heavy atom. The Labute approximate surface area is 85.8 Å². The Morgan fingerprint density at radius 3 is 2.53 bits per heavy atom. The van der Waals surface area contributed by atoms with Crippen LogP contribution in [0.15, 0.2) is 0 Å². The van der Waals surface area contributed by atoms with Gasteiger partial charge in [-0.1, -0.05) is 13.3 Å². The molecule has 2 nitrogen and oxygen atoms in total. The van der Waals surface area contributed by atoms with Gasteiger partial charge in [-0.15, -0.1) is 0 Å². The molecule has 0 saturated heterocycles. The zero-order chi connectivity index (χ0) is 11.7. The van der Waals surface area contributed by atoms with Gasteiger partial charge in [-0.05, 0) is 12.3 Å². The highest BCUT2D eigenvalue weighted by Crippen LogP contribution is 2.43. The molecule has 2 atom stereocenters. The van der Waals surface area contributed by atoms with Crippen LogP contribution in [-0.4, -0.2) is 31.1 Å². The molecule has 2 unspecified atom stereocenters. The highest BCUT2D eigenvalue weighted by molar-refractivity contribution is 5.07. The molecular formula is C9H15F4NO. The second-order valence-corrected chi connectivity index (χ2v) is 4.10. The van der Waals surface area contributed by atoms with Gasteiger partial charge >= 0.3 is 12.3 Å². The lowest BCUT2D eigenvalue weighted by atomic mass is 10.2. The number of rotatable bonds is 6. The summed E-state index contributed by atoms with van der Waals surface area (Å²) in [6.45, 7) is 0.598. The Bertz CT molecular complexity index is 224. The first-order chi connectivity index (χ1) is 6.82. The first-order valence-corrected chi connectivity index (χ1v) is 4.84. The summed E-state index contributed by atoms with van der Waals surface area (Å²) in [6, 6.07) is 0. The summed E-state index contributed by atoms with van der Waals surface area (Å²) in [5.74, 6) is -3.81. The van der Waals surface area contributed by atoms with Crippen LogP contribution < -0.4 is 5.73 Å². The van der Waals surface area contributed by atoms with Gasteiger partial charge in [0.15, 0.2) is 0 Å². The van der Waals surface area contributed by atoms with Crippen LogP contribution in [0.2, 0.25) is 0 Å². The normalized spacial score (nSPS) is 31.0. The summed E-state index contributed by atoms with van der Waals surface area (Å²) in [7, 11) is 0. The van der Waals surface area contributed by atoms with E-state index < -0.39 is 24.5 Å². The molecule has 0 heterocycles. The fourth-order valence-corrected chi connectivity index (χ4v) is 1.57. The summed E-state index contributed by atoms with van der Waals surface area (Å²) in [6.07, 6.45) is -2.12. The molecule has 2 N–H and O–H groups in total. The number of alkyl halides is 4. The van der Waals surface area contributed by atoms with E-state index in [0.29, 0.717) is 6.42 Å². The van der Waals surface area contributed by atoms with Gasteiger partial charge in [-0.3, -0.25) is 0 Å². The van der Waals surface area contributed by atoms with Crippen LogP contribution in [0.4, 0.5) is 17.6 Å². The van der Waals surface area contributed by atoms with E-state index in [4.69, 9.17) is 5.73 Å². The largest absolute Gasteiger partial charge is 0.373 e. The molecule has 0 aromatic rings. The Hall–Kier alpha value is -0.360. The fourth-order valence-electron chi connectivity index (χ4n) is 1.57. The fraction of sp³-hybridized carbons (Fsp3) is 1.00. The minimum Gasteiger partial charge on any atom is -0.373 e. The summed E-state index contributed by atoms with van der Waals surface area (Å²) in [5, 5.41) is 0. The highest BCUT2D eigenvalue weighted by atomic mass is 19.3. The third-order valence-corrected chi connectivity index (χ3v) is 2.76. The number of hydrogen-bond acceptors (Lipinski definition) is 2. The van der Waals surface area contributed by atoms with E-state index in [1.54, 1.807) is 0 Å². The predicted octanol–water partition coefficient (Wildman–Crippen LogP) is 2.03. The molecule has 0 spiro atoms. The van der Waals surface area contributed by atoms with Crippen LogP contribution in [-0.2, 0) is 4.74 Å². The molecule has 0 aliphatic heterocycles. The average molecular weight is 229 g/mol. The van der Waals surface area contributed by atoms with Crippen molar-refractivity contribution < 1.29 is 22.3 Å². The number of nitrogens with two attached hydrogens (primary N) is 1. The minimum atomic E-state index is -4.08. The summed E-state index contributed by atoms with van der Waals surface area (Å²) >= 11 is 0. The quantitative estimate of drug-likeness (QED) is 0.707. The molecule has 0 aromatic carbocycles. The molecule has 6 heteroatoms. The maximum atomic E-state index is 12.4. The first-order valence-electron chi connectivity index (χ1n) is 4.84. The standard InChI is InChI=1S/C9H15F4NO/c1-2-6-3-8(6,14)4-15-5-9(12,13)7(10)11/h6-7H,2-5,14H2,1H3. The Kier molecular flexibility index (Phi) is 3.60. The van der Waals surface area contributed by atoms with E-state index in [9.17, 15) is 17.6 Å². The van der Waals surface area contributed by atoms with Crippen LogP contribution in [0.1, 0.15) is 19.8 Å². The Morgan fingerprint density at radius 2 is 2.13 bits per heavy atom. The van der Waals surface area contributed by atoms with Crippen LogP contribution >= 0.6 is 0 Å². The number of halogens is 4. The topological polar surface area (TPSA) is 35.2 Å². The van der Waals surface area contributed by atoms with Crippen molar-refractivity contribution in [2.24, 2.45) is 11.7 Å². The molecule has 90 valence electrons. The van der Waals surface area contributed by atoms with Crippen LogP contribution in [0.3, 0.4) is 0 Å². The lowest BCUT2D eigenvalue weighted by Gasteiger charge is -2.17.